The van der Waals surface area contributed by atoms with Crippen LogP contribution in [0.4, 0.5) is 0 Å². The van der Waals surface area contributed by atoms with Crippen molar-refractivity contribution in [2.24, 2.45) is 0 Å². The van der Waals surface area contributed by atoms with Crippen molar-refractivity contribution >= 4 is 0 Å². The van der Waals surface area contributed by atoms with Gasteiger partial charge < -0.3 is 14.5 Å². The highest BCUT2D eigenvalue weighted by atomic mass is 16.5. The normalized spacial score (nSPS) is 12.4. The first-order valence-corrected chi connectivity index (χ1v) is 6.04. The molecule has 0 radical (unpaired) electrons. The molecule has 2 rings (SSSR count). The van der Waals surface area contributed by atoms with Gasteiger partial charge in [-0.05, 0) is 56.3 Å². The molecule has 1 N–H and O–H groups in total. The molecule has 0 bridgehead atoms. The van der Waals surface area contributed by atoms with Crippen LogP contribution in [-0.2, 0) is 0 Å². The SMILES string of the molecule is CNC(c1ccc(C)o1)c1ccc(OC)cc1C. The lowest BCUT2D eigenvalue weighted by Crippen LogP contribution is -2.18. The zero-order valence-corrected chi connectivity index (χ0v) is 11.3. The fraction of sp³-hybridized carbons (Fsp3) is 0.333. The standard InChI is InChI=1S/C15H19NO2/c1-10-9-12(17-4)6-7-13(10)15(16-3)14-8-5-11(2)18-14/h5-9,15-16H,1-4H3. The van der Waals surface area contributed by atoms with Gasteiger partial charge in [-0.15, -0.1) is 0 Å². The van der Waals surface area contributed by atoms with E-state index in [1.165, 1.54) is 11.1 Å². The van der Waals surface area contributed by atoms with E-state index in [1.54, 1.807) is 7.11 Å². The van der Waals surface area contributed by atoms with E-state index >= 15 is 0 Å². The number of furan rings is 1. The minimum absolute atomic E-state index is 0.0737. The molecule has 0 saturated heterocycles. The lowest BCUT2D eigenvalue weighted by molar-refractivity contribution is 0.413. The molecular formula is C15H19NO2. The quantitative estimate of drug-likeness (QED) is 0.898. The summed E-state index contributed by atoms with van der Waals surface area (Å²) in [7, 11) is 3.62. The number of methoxy groups -OCH3 is 1. The predicted molar refractivity (Wildman–Crippen MR) is 72.1 cm³/mol. The highest BCUT2D eigenvalue weighted by Gasteiger charge is 2.17. The van der Waals surface area contributed by atoms with Crippen LogP contribution < -0.4 is 10.1 Å². The molecule has 18 heavy (non-hydrogen) atoms. The second-order valence-electron chi connectivity index (χ2n) is 4.39. The summed E-state index contributed by atoms with van der Waals surface area (Å²) < 4.78 is 10.9. The zero-order chi connectivity index (χ0) is 13.1. The minimum Gasteiger partial charge on any atom is -0.497 e. The molecule has 3 nitrogen and oxygen atoms in total. The van der Waals surface area contributed by atoms with E-state index in [1.807, 2.05) is 38.2 Å². The maximum Gasteiger partial charge on any atom is 0.125 e. The monoisotopic (exact) mass is 245 g/mol. The summed E-state index contributed by atoms with van der Waals surface area (Å²) in [6, 6.07) is 10.2. The van der Waals surface area contributed by atoms with Gasteiger partial charge in [0.1, 0.15) is 17.3 Å². The molecule has 1 aromatic carbocycles. The van der Waals surface area contributed by atoms with Crippen molar-refractivity contribution < 1.29 is 9.15 Å². The van der Waals surface area contributed by atoms with E-state index in [0.717, 1.165) is 17.3 Å². The van der Waals surface area contributed by atoms with Gasteiger partial charge in [-0.2, -0.15) is 0 Å². The summed E-state index contributed by atoms with van der Waals surface area (Å²) in [6.45, 7) is 4.04. The summed E-state index contributed by atoms with van der Waals surface area (Å²) in [6.07, 6.45) is 0. The number of rotatable bonds is 4. The maximum absolute atomic E-state index is 5.71. The lowest BCUT2D eigenvalue weighted by atomic mass is 9.99. The van der Waals surface area contributed by atoms with E-state index in [4.69, 9.17) is 9.15 Å². The molecule has 1 aromatic heterocycles. The topological polar surface area (TPSA) is 34.4 Å². The number of aryl methyl sites for hydroxylation is 2. The fourth-order valence-corrected chi connectivity index (χ4v) is 2.16. The Labute approximate surface area is 108 Å². The Balaban J connectivity index is 2.39. The van der Waals surface area contributed by atoms with Gasteiger partial charge in [-0.25, -0.2) is 0 Å². The number of hydrogen-bond acceptors (Lipinski definition) is 3. The highest BCUT2D eigenvalue weighted by Crippen LogP contribution is 2.28. The Bertz CT molecular complexity index is 531. The van der Waals surface area contributed by atoms with Crippen molar-refractivity contribution in [3.63, 3.8) is 0 Å². The average Bonchev–Trinajstić information content (AvgIpc) is 2.78. The molecule has 0 aliphatic heterocycles. The Morgan fingerprint density at radius 2 is 1.94 bits per heavy atom. The molecule has 0 spiro atoms. The van der Waals surface area contributed by atoms with Crippen LogP contribution in [0.3, 0.4) is 0 Å². The van der Waals surface area contributed by atoms with Crippen LogP contribution in [-0.4, -0.2) is 14.2 Å². The van der Waals surface area contributed by atoms with E-state index in [0.29, 0.717) is 0 Å². The smallest absolute Gasteiger partial charge is 0.125 e. The van der Waals surface area contributed by atoms with Crippen molar-refractivity contribution in [2.45, 2.75) is 19.9 Å². The molecule has 0 amide bonds. The molecule has 3 heteroatoms. The molecular weight excluding hydrogens is 226 g/mol. The van der Waals surface area contributed by atoms with E-state index in [-0.39, 0.29) is 6.04 Å². The fourth-order valence-electron chi connectivity index (χ4n) is 2.16. The van der Waals surface area contributed by atoms with E-state index < -0.39 is 0 Å². The van der Waals surface area contributed by atoms with Gasteiger partial charge in [0.15, 0.2) is 0 Å². The first kappa shape index (κ1) is 12.7. The number of ether oxygens (including phenoxy) is 1. The van der Waals surface area contributed by atoms with Crippen LogP contribution >= 0.6 is 0 Å². The molecule has 0 aliphatic rings. The van der Waals surface area contributed by atoms with Gasteiger partial charge in [0.25, 0.3) is 0 Å². The molecule has 1 atom stereocenters. The van der Waals surface area contributed by atoms with Gasteiger partial charge in [-0.1, -0.05) is 6.07 Å². The maximum atomic E-state index is 5.71. The molecule has 0 saturated carbocycles. The lowest BCUT2D eigenvalue weighted by Gasteiger charge is -2.17. The largest absolute Gasteiger partial charge is 0.497 e. The minimum atomic E-state index is 0.0737. The third-order valence-electron chi connectivity index (χ3n) is 3.12. The van der Waals surface area contributed by atoms with Crippen LogP contribution in [0.15, 0.2) is 34.7 Å². The van der Waals surface area contributed by atoms with Crippen LogP contribution in [0, 0.1) is 13.8 Å². The first-order valence-electron chi connectivity index (χ1n) is 6.04. The molecule has 2 aromatic rings. The van der Waals surface area contributed by atoms with Crippen LogP contribution in [0.25, 0.3) is 0 Å². The second kappa shape index (κ2) is 5.27. The summed E-state index contributed by atoms with van der Waals surface area (Å²) in [5.74, 6) is 2.74. The van der Waals surface area contributed by atoms with E-state index in [9.17, 15) is 0 Å². The van der Waals surface area contributed by atoms with Gasteiger partial charge in [-0.3, -0.25) is 0 Å². The second-order valence-corrected chi connectivity index (χ2v) is 4.39. The van der Waals surface area contributed by atoms with E-state index in [2.05, 4.69) is 18.3 Å². The summed E-state index contributed by atoms with van der Waals surface area (Å²) in [5.41, 5.74) is 2.38. The van der Waals surface area contributed by atoms with Gasteiger partial charge in [0, 0.05) is 0 Å². The predicted octanol–water partition coefficient (Wildman–Crippen LogP) is 3.21. The summed E-state index contributed by atoms with van der Waals surface area (Å²) in [4.78, 5) is 0. The van der Waals surface area contributed by atoms with Crippen LogP contribution in [0.5, 0.6) is 5.75 Å². The molecule has 0 fully saturated rings. The number of nitrogens with one attached hydrogen (secondary N) is 1. The highest BCUT2D eigenvalue weighted by molar-refractivity contribution is 5.39. The third-order valence-corrected chi connectivity index (χ3v) is 3.12. The Morgan fingerprint density at radius 1 is 1.17 bits per heavy atom. The molecule has 1 unspecified atom stereocenters. The van der Waals surface area contributed by atoms with Gasteiger partial charge in [0.2, 0.25) is 0 Å². The summed E-state index contributed by atoms with van der Waals surface area (Å²) in [5, 5.41) is 3.29. The van der Waals surface area contributed by atoms with Gasteiger partial charge >= 0.3 is 0 Å². The van der Waals surface area contributed by atoms with Crippen LogP contribution in [0.1, 0.15) is 28.7 Å². The summed E-state index contributed by atoms with van der Waals surface area (Å²) >= 11 is 0. The Hall–Kier alpha value is -1.74. The number of hydrogen-bond donors (Lipinski definition) is 1. The first-order chi connectivity index (χ1) is 8.65. The Morgan fingerprint density at radius 3 is 2.44 bits per heavy atom. The van der Waals surface area contributed by atoms with Gasteiger partial charge in [0.05, 0.1) is 13.2 Å². The average molecular weight is 245 g/mol. The zero-order valence-electron chi connectivity index (χ0n) is 11.3. The third kappa shape index (κ3) is 2.41. The number of benzene rings is 1. The molecule has 0 aliphatic carbocycles. The van der Waals surface area contributed by atoms with Crippen molar-refractivity contribution in [2.75, 3.05) is 14.2 Å². The molecule has 96 valence electrons. The van der Waals surface area contributed by atoms with Crippen molar-refractivity contribution in [1.29, 1.82) is 0 Å². The van der Waals surface area contributed by atoms with Crippen molar-refractivity contribution in [1.82, 2.24) is 5.32 Å². The Kier molecular flexibility index (Phi) is 3.72. The van der Waals surface area contributed by atoms with Crippen molar-refractivity contribution in [3.8, 4) is 5.75 Å². The van der Waals surface area contributed by atoms with Crippen molar-refractivity contribution in [3.05, 3.63) is 53.0 Å². The van der Waals surface area contributed by atoms with Crippen LogP contribution in [0.2, 0.25) is 0 Å². The molecule has 1 heterocycles.